The summed E-state index contributed by atoms with van der Waals surface area (Å²) in [6.45, 7) is 3.28. The SMILES string of the molecule is CCC(C)(Nc1nc(NN)ccc1[N+](=O)[O-])C(N)=O. The van der Waals surface area contributed by atoms with E-state index in [9.17, 15) is 14.9 Å². The highest BCUT2D eigenvalue weighted by atomic mass is 16.6. The molecule has 6 N–H and O–H groups in total. The Labute approximate surface area is 109 Å². The summed E-state index contributed by atoms with van der Waals surface area (Å²) >= 11 is 0. The number of hydrogen-bond acceptors (Lipinski definition) is 7. The second-order valence-corrected chi connectivity index (χ2v) is 4.14. The van der Waals surface area contributed by atoms with Crippen LogP contribution >= 0.6 is 0 Å². The van der Waals surface area contributed by atoms with Crippen molar-refractivity contribution in [3.8, 4) is 0 Å². The topological polar surface area (TPSA) is 149 Å². The van der Waals surface area contributed by atoms with Gasteiger partial charge in [0.05, 0.1) is 4.92 Å². The van der Waals surface area contributed by atoms with Crippen molar-refractivity contribution in [1.29, 1.82) is 0 Å². The number of nitrogens with one attached hydrogen (secondary N) is 2. The fourth-order valence-electron chi connectivity index (χ4n) is 1.36. The zero-order valence-corrected chi connectivity index (χ0v) is 10.6. The van der Waals surface area contributed by atoms with Crippen molar-refractivity contribution in [2.75, 3.05) is 10.7 Å². The van der Waals surface area contributed by atoms with Gasteiger partial charge in [0.15, 0.2) is 0 Å². The van der Waals surface area contributed by atoms with Crippen molar-refractivity contribution in [3.63, 3.8) is 0 Å². The summed E-state index contributed by atoms with van der Waals surface area (Å²) in [6.07, 6.45) is 0.349. The number of hydrogen-bond donors (Lipinski definition) is 4. The van der Waals surface area contributed by atoms with Crippen LogP contribution in [0, 0.1) is 10.1 Å². The summed E-state index contributed by atoms with van der Waals surface area (Å²) in [7, 11) is 0. The van der Waals surface area contributed by atoms with E-state index >= 15 is 0 Å². The molecule has 0 saturated heterocycles. The lowest BCUT2D eigenvalue weighted by Gasteiger charge is -2.26. The van der Waals surface area contributed by atoms with Crippen LogP contribution in [-0.2, 0) is 4.79 Å². The number of nitrogens with two attached hydrogens (primary N) is 2. The van der Waals surface area contributed by atoms with Gasteiger partial charge >= 0.3 is 5.69 Å². The summed E-state index contributed by atoms with van der Waals surface area (Å²) in [4.78, 5) is 25.7. The maximum atomic E-state index is 11.4. The number of nitro groups is 1. The van der Waals surface area contributed by atoms with E-state index in [1.54, 1.807) is 13.8 Å². The van der Waals surface area contributed by atoms with Gasteiger partial charge in [0.2, 0.25) is 11.7 Å². The van der Waals surface area contributed by atoms with E-state index in [4.69, 9.17) is 11.6 Å². The molecular formula is C10H16N6O3. The van der Waals surface area contributed by atoms with Crippen LogP contribution in [0.15, 0.2) is 12.1 Å². The molecule has 0 aliphatic rings. The minimum Gasteiger partial charge on any atom is -0.368 e. The smallest absolute Gasteiger partial charge is 0.311 e. The molecule has 0 aliphatic heterocycles. The Morgan fingerprint density at radius 1 is 1.58 bits per heavy atom. The number of pyridine rings is 1. The first-order valence-electron chi connectivity index (χ1n) is 5.54. The van der Waals surface area contributed by atoms with E-state index in [1.807, 2.05) is 0 Å². The van der Waals surface area contributed by atoms with Crippen LogP contribution in [-0.4, -0.2) is 21.4 Å². The van der Waals surface area contributed by atoms with E-state index < -0.39 is 16.4 Å². The molecule has 0 fully saturated rings. The second-order valence-electron chi connectivity index (χ2n) is 4.14. The molecule has 1 unspecified atom stereocenters. The highest BCUT2D eigenvalue weighted by Gasteiger charge is 2.32. The van der Waals surface area contributed by atoms with Crippen LogP contribution in [0.1, 0.15) is 20.3 Å². The number of aromatic nitrogens is 1. The Bertz CT molecular complexity index is 506. The molecule has 0 spiro atoms. The average molecular weight is 268 g/mol. The molecule has 1 atom stereocenters. The van der Waals surface area contributed by atoms with E-state index in [-0.39, 0.29) is 17.3 Å². The molecule has 19 heavy (non-hydrogen) atoms. The van der Waals surface area contributed by atoms with E-state index in [0.717, 1.165) is 0 Å². The van der Waals surface area contributed by atoms with Crippen molar-refractivity contribution in [1.82, 2.24) is 4.98 Å². The molecule has 1 aromatic heterocycles. The van der Waals surface area contributed by atoms with Crippen LogP contribution in [0.4, 0.5) is 17.3 Å². The van der Waals surface area contributed by atoms with Crippen molar-refractivity contribution in [2.24, 2.45) is 11.6 Å². The molecule has 104 valence electrons. The minimum absolute atomic E-state index is 0.0661. The third-order valence-electron chi connectivity index (χ3n) is 2.86. The maximum absolute atomic E-state index is 11.4. The third-order valence-corrected chi connectivity index (χ3v) is 2.86. The normalized spacial score (nSPS) is 13.4. The molecule has 0 aromatic carbocycles. The summed E-state index contributed by atoms with van der Waals surface area (Å²) in [5.74, 6) is 4.74. The lowest BCUT2D eigenvalue weighted by molar-refractivity contribution is -0.384. The van der Waals surface area contributed by atoms with Crippen molar-refractivity contribution >= 4 is 23.2 Å². The van der Waals surface area contributed by atoms with Crippen LogP contribution in [0.25, 0.3) is 0 Å². The molecule has 0 aliphatic carbocycles. The van der Waals surface area contributed by atoms with Crippen LogP contribution in [0.3, 0.4) is 0 Å². The molecule has 1 aromatic rings. The Morgan fingerprint density at radius 2 is 2.21 bits per heavy atom. The number of anilines is 2. The standard InChI is InChI=1S/C10H16N6O3/c1-3-10(2,9(11)17)14-8-6(16(18)19)4-5-7(13-8)15-12/h4-5H,3,12H2,1-2H3,(H2,11,17)(H2,13,14,15). The van der Waals surface area contributed by atoms with Gasteiger partial charge in [-0.3, -0.25) is 14.9 Å². The second kappa shape index (κ2) is 5.48. The Morgan fingerprint density at radius 3 is 2.63 bits per heavy atom. The number of nitrogen functional groups attached to an aromatic ring is 1. The fraction of sp³-hybridized carbons (Fsp3) is 0.400. The number of nitrogens with zero attached hydrogens (tertiary/aromatic N) is 2. The van der Waals surface area contributed by atoms with Crippen LogP contribution < -0.4 is 22.3 Å². The number of primary amides is 1. The predicted molar refractivity (Wildman–Crippen MR) is 70.2 cm³/mol. The van der Waals surface area contributed by atoms with Gasteiger partial charge in [0, 0.05) is 6.07 Å². The summed E-state index contributed by atoms with van der Waals surface area (Å²) in [5.41, 5.74) is 6.17. The zero-order chi connectivity index (χ0) is 14.6. The zero-order valence-electron chi connectivity index (χ0n) is 10.6. The molecule has 9 heteroatoms. The Kier molecular flexibility index (Phi) is 4.22. The van der Waals surface area contributed by atoms with Gasteiger partial charge in [-0.25, -0.2) is 10.8 Å². The molecular weight excluding hydrogens is 252 g/mol. The summed E-state index contributed by atoms with van der Waals surface area (Å²) < 4.78 is 0. The lowest BCUT2D eigenvalue weighted by Crippen LogP contribution is -2.47. The fourth-order valence-corrected chi connectivity index (χ4v) is 1.36. The van der Waals surface area contributed by atoms with E-state index in [0.29, 0.717) is 6.42 Å². The highest BCUT2D eigenvalue weighted by Crippen LogP contribution is 2.27. The van der Waals surface area contributed by atoms with Crippen molar-refractivity contribution in [2.45, 2.75) is 25.8 Å². The van der Waals surface area contributed by atoms with Gasteiger partial charge < -0.3 is 16.5 Å². The lowest BCUT2D eigenvalue weighted by atomic mass is 9.98. The van der Waals surface area contributed by atoms with Gasteiger partial charge in [-0.1, -0.05) is 6.92 Å². The molecule has 1 heterocycles. The molecule has 0 radical (unpaired) electrons. The van der Waals surface area contributed by atoms with E-state index in [1.165, 1.54) is 12.1 Å². The Balaban J connectivity index is 3.24. The number of hydrazine groups is 1. The number of amides is 1. The molecule has 1 amide bonds. The summed E-state index contributed by atoms with van der Waals surface area (Å²) in [5, 5.41) is 13.6. The maximum Gasteiger partial charge on any atom is 0.311 e. The van der Waals surface area contributed by atoms with Gasteiger partial charge in [-0.2, -0.15) is 0 Å². The molecule has 1 rings (SSSR count). The Hall–Kier alpha value is -2.42. The van der Waals surface area contributed by atoms with Crippen LogP contribution in [0.2, 0.25) is 0 Å². The largest absolute Gasteiger partial charge is 0.368 e. The molecule has 9 nitrogen and oxygen atoms in total. The summed E-state index contributed by atoms with van der Waals surface area (Å²) in [6, 6.07) is 2.60. The predicted octanol–water partition coefficient (Wildman–Crippen LogP) is 0.341. The number of rotatable bonds is 6. The van der Waals surface area contributed by atoms with E-state index in [2.05, 4.69) is 15.7 Å². The van der Waals surface area contributed by atoms with Crippen LogP contribution in [0.5, 0.6) is 0 Å². The van der Waals surface area contributed by atoms with Crippen molar-refractivity contribution in [3.05, 3.63) is 22.2 Å². The number of carbonyl (C=O) groups is 1. The number of carbonyl (C=O) groups excluding carboxylic acids is 1. The van der Waals surface area contributed by atoms with Gasteiger partial charge in [0.25, 0.3) is 0 Å². The first-order valence-corrected chi connectivity index (χ1v) is 5.54. The minimum atomic E-state index is -1.13. The quantitative estimate of drug-likeness (QED) is 0.330. The van der Waals surface area contributed by atoms with Crippen molar-refractivity contribution < 1.29 is 9.72 Å². The first-order chi connectivity index (χ1) is 8.84. The van der Waals surface area contributed by atoms with Gasteiger partial charge in [-0.05, 0) is 19.4 Å². The monoisotopic (exact) mass is 268 g/mol. The molecule has 0 saturated carbocycles. The third kappa shape index (κ3) is 3.07. The van der Waals surface area contributed by atoms with Gasteiger partial charge in [-0.15, -0.1) is 0 Å². The average Bonchev–Trinajstić information content (AvgIpc) is 2.37. The van der Waals surface area contributed by atoms with Gasteiger partial charge in [0.1, 0.15) is 11.4 Å². The first kappa shape index (κ1) is 14.6. The molecule has 0 bridgehead atoms. The highest BCUT2D eigenvalue weighted by molar-refractivity contribution is 5.87.